The predicted octanol–water partition coefficient (Wildman–Crippen LogP) is 2.28. The molecule has 1 aliphatic heterocycles. The van der Waals surface area contributed by atoms with Gasteiger partial charge in [0.1, 0.15) is 5.69 Å². The van der Waals surface area contributed by atoms with E-state index in [2.05, 4.69) is 11.9 Å². The Balaban J connectivity index is 1.85. The maximum atomic E-state index is 12.5. The summed E-state index contributed by atoms with van der Waals surface area (Å²) in [5.41, 5.74) is 1.67. The second kappa shape index (κ2) is 5.05. The maximum Gasteiger partial charge on any atom is 0.270 e. The molecule has 0 radical (unpaired) electrons. The van der Waals surface area contributed by atoms with Crippen LogP contribution in [0.3, 0.4) is 0 Å². The Kier molecular flexibility index (Phi) is 3.25. The van der Waals surface area contributed by atoms with Gasteiger partial charge in [-0.15, -0.1) is 0 Å². The number of H-pyrrole nitrogens is 1. The third kappa shape index (κ3) is 2.49. The van der Waals surface area contributed by atoms with Gasteiger partial charge >= 0.3 is 0 Å². The fourth-order valence-electron chi connectivity index (χ4n) is 2.52. The normalized spacial score (nSPS) is 20.5. The highest BCUT2D eigenvalue weighted by Gasteiger charge is 2.22. The summed E-state index contributed by atoms with van der Waals surface area (Å²) in [5, 5.41) is 1.07. The molecule has 0 bridgehead atoms. The van der Waals surface area contributed by atoms with E-state index >= 15 is 0 Å². The molecule has 1 N–H and O–H groups in total. The summed E-state index contributed by atoms with van der Waals surface area (Å²) in [7, 11) is 0. The zero-order valence-electron chi connectivity index (χ0n) is 11.1. The van der Waals surface area contributed by atoms with E-state index in [0.717, 1.165) is 24.1 Å². The SMILES string of the molecule is CC1COCCN(C(=O)c2cc3ccccc3[nH]2)C1. The number of nitrogens with zero attached hydrogens (tertiary/aromatic N) is 1. The van der Waals surface area contributed by atoms with Gasteiger partial charge in [-0.05, 0) is 18.1 Å². The molecule has 2 aromatic rings. The molecule has 0 spiro atoms. The van der Waals surface area contributed by atoms with E-state index in [0.29, 0.717) is 24.8 Å². The van der Waals surface area contributed by atoms with E-state index in [1.807, 2.05) is 35.2 Å². The standard InChI is InChI=1S/C15H18N2O2/c1-11-9-17(6-7-19-10-11)15(18)14-8-12-4-2-3-5-13(12)16-14/h2-5,8,11,16H,6-7,9-10H2,1H3. The molecule has 1 aliphatic rings. The average Bonchev–Trinajstić information content (AvgIpc) is 2.73. The Morgan fingerprint density at radius 1 is 1.42 bits per heavy atom. The van der Waals surface area contributed by atoms with E-state index in [4.69, 9.17) is 4.74 Å². The molecule has 0 aliphatic carbocycles. The fraction of sp³-hybridized carbons (Fsp3) is 0.400. The van der Waals surface area contributed by atoms with Crippen molar-refractivity contribution in [3.05, 3.63) is 36.0 Å². The number of ether oxygens (including phenoxy) is 1. The largest absolute Gasteiger partial charge is 0.379 e. The number of aromatic nitrogens is 1. The number of benzene rings is 1. The molecule has 1 amide bonds. The summed E-state index contributed by atoms with van der Waals surface area (Å²) in [5.74, 6) is 0.448. The van der Waals surface area contributed by atoms with Crippen molar-refractivity contribution < 1.29 is 9.53 Å². The molecule has 1 fully saturated rings. The first-order chi connectivity index (χ1) is 9.24. The summed E-state index contributed by atoms with van der Waals surface area (Å²) >= 11 is 0. The molecule has 0 saturated carbocycles. The minimum atomic E-state index is 0.0635. The first-order valence-electron chi connectivity index (χ1n) is 6.69. The van der Waals surface area contributed by atoms with Gasteiger partial charge in [0.05, 0.1) is 13.2 Å². The molecule has 19 heavy (non-hydrogen) atoms. The highest BCUT2D eigenvalue weighted by molar-refractivity contribution is 5.98. The first kappa shape index (κ1) is 12.2. The van der Waals surface area contributed by atoms with Crippen LogP contribution in [0.4, 0.5) is 0 Å². The van der Waals surface area contributed by atoms with Crippen molar-refractivity contribution in [1.82, 2.24) is 9.88 Å². The van der Waals surface area contributed by atoms with Crippen LogP contribution in [0.15, 0.2) is 30.3 Å². The number of hydrogen-bond donors (Lipinski definition) is 1. The van der Waals surface area contributed by atoms with Gasteiger partial charge in [-0.3, -0.25) is 4.79 Å². The molecule has 4 heteroatoms. The van der Waals surface area contributed by atoms with Crippen molar-refractivity contribution >= 4 is 16.8 Å². The van der Waals surface area contributed by atoms with Gasteiger partial charge in [-0.25, -0.2) is 0 Å². The predicted molar refractivity (Wildman–Crippen MR) is 74.2 cm³/mol. The lowest BCUT2D eigenvalue weighted by Gasteiger charge is -2.21. The smallest absolute Gasteiger partial charge is 0.270 e. The van der Waals surface area contributed by atoms with Crippen LogP contribution >= 0.6 is 0 Å². The summed E-state index contributed by atoms with van der Waals surface area (Å²) in [6, 6.07) is 9.87. The van der Waals surface area contributed by atoms with Crippen LogP contribution in [0.5, 0.6) is 0 Å². The quantitative estimate of drug-likeness (QED) is 0.853. The lowest BCUT2D eigenvalue weighted by molar-refractivity contribution is 0.0733. The number of nitrogens with one attached hydrogen (secondary N) is 1. The van der Waals surface area contributed by atoms with Crippen LogP contribution in [0.2, 0.25) is 0 Å². The Bertz CT molecular complexity index is 558. The molecule has 3 rings (SSSR count). The molecule has 4 nitrogen and oxygen atoms in total. The van der Waals surface area contributed by atoms with E-state index in [9.17, 15) is 4.79 Å². The van der Waals surface area contributed by atoms with Crippen molar-refractivity contribution in [2.24, 2.45) is 5.92 Å². The molecule has 1 aromatic heterocycles. The fourth-order valence-corrected chi connectivity index (χ4v) is 2.52. The van der Waals surface area contributed by atoms with Gasteiger partial charge in [0.15, 0.2) is 0 Å². The van der Waals surface area contributed by atoms with Crippen LogP contribution in [-0.2, 0) is 4.74 Å². The van der Waals surface area contributed by atoms with Crippen molar-refractivity contribution in [3.63, 3.8) is 0 Å². The monoisotopic (exact) mass is 258 g/mol. The lowest BCUT2D eigenvalue weighted by Crippen LogP contribution is -2.35. The van der Waals surface area contributed by atoms with Gasteiger partial charge in [0.25, 0.3) is 5.91 Å². The van der Waals surface area contributed by atoms with Gasteiger partial charge in [-0.2, -0.15) is 0 Å². The summed E-state index contributed by atoms with van der Waals surface area (Å²) in [4.78, 5) is 17.6. The summed E-state index contributed by atoms with van der Waals surface area (Å²) in [6.45, 7) is 4.89. The van der Waals surface area contributed by atoms with Gasteiger partial charge in [0, 0.05) is 24.0 Å². The third-order valence-electron chi connectivity index (χ3n) is 3.49. The minimum absolute atomic E-state index is 0.0635. The Labute approximate surface area is 112 Å². The zero-order valence-corrected chi connectivity index (χ0v) is 11.1. The van der Waals surface area contributed by atoms with Gasteiger partial charge in [-0.1, -0.05) is 25.1 Å². The average molecular weight is 258 g/mol. The molecule has 1 saturated heterocycles. The zero-order chi connectivity index (χ0) is 13.2. The molecule has 1 unspecified atom stereocenters. The van der Waals surface area contributed by atoms with Crippen LogP contribution in [0, 0.1) is 5.92 Å². The van der Waals surface area contributed by atoms with E-state index in [-0.39, 0.29) is 5.91 Å². The van der Waals surface area contributed by atoms with Crippen LogP contribution < -0.4 is 0 Å². The van der Waals surface area contributed by atoms with Gasteiger partial charge < -0.3 is 14.6 Å². The topological polar surface area (TPSA) is 45.3 Å². The molecule has 1 aromatic carbocycles. The van der Waals surface area contributed by atoms with E-state index in [1.165, 1.54) is 0 Å². The van der Waals surface area contributed by atoms with E-state index in [1.54, 1.807) is 0 Å². The van der Waals surface area contributed by atoms with Gasteiger partial charge in [0.2, 0.25) is 0 Å². The highest BCUT2D eigenvalue weighted by atomic mass is 16.5. The molecule has 1 atom stereocenters. The number of fused-ring (bicyclic) bond motifs is 1. The number of aromatic amines is 1. The highest BCUT2D eigenvalue weighted by Crippen LogP contribution is 2.17. The van der Waals surface area contributed by atoms with Crippen molar-refractivity contribution in [2.75, 3.05) is 26.3 Å². The van der Waals surface area contributed by atoms with E-state index < -0.39 is 0 Å². The number of para-hydroxylation sites is 1. The maximum absolute atomic E-state index is 12.5. The first-order valence-corrected chi connectivity index (χ1v) is 6.69. The molecule has 100 valence electrons. The molecular formula is C15H18N2O2. The van der Waals surface area contributed by atoms with Crippen LogP contribution in [-0.4, -0.2) is 42.1 Å². The van der Waals surface area contributed by atoms with Crippen molar-refractivity contribution in [2.45, 2.75) is 6.92 Å². The molecular weight excluding hydrogens is 240 g/mol. The van der Waals surface area contributed by atoms with Crippen molar-refractivity contribution in [3.8, 4) is 0 Å². The lowest BCUT2D eigenvalue weighted by atomic mass is 10.2. The number of carbonyl (C=O) groups excluding carboxylic acids is 1. The molecule has 2 heterocycles. The third-order valence-corrected chi connectivity index (χ3v) is 3.49. The Hall–Kier alpha value is -1.81. The van der Waals surface area contributed by atoms with Crippen LogP contribution in [0.25, 0.3) is 10.9 Å². The van der Waals surface area contributed by atoms with Crippen LogP contribution in [0.1, 0.15) is 17.4 Å². The second-order valence-corrected chi connectivity index (χ2v) is 5.20. The number of amides is 1. The van der Waals surface area contributed by atoms with Crippen molar-refractivity contribution in [1.29, 1.82) is 0 Å². The Morgan fingerprint density at radius 3 is 3.11 bits per heavy atom. The number of rotatable bonds is 1. The number of carbonyl (C=O) groups is 1. The number of hydrogen-bond acceptors (Lipinski definition) is 2. The summed E-state index contributed by atoms with van der Waals surface area (Å²) < 4.78 is 5.48. The summed E-state index contributed by atoms with van der Waals surface area (Å²) in [6.07, 6.45) is 0. The second-order valence-electron chi connectivity index (χ2n) is 5.20. The Morgan fingerprint density at radius 2 is 2.26 bits per heavy atom. The minimum Gasteiger partial charge on any atom is -0.379 e.